The number of para-hydroxylation sites is 1. The summed E-state index contributed by atoms with van der Waals surface area (Å²) >= 11 is 11.4. The molecule has 0 radical (unpaired) electrons. The number of nitrogens with one attached hydrogen (secondary N) is 1. The van der Waals surface area contributed by atoms with E-state index in [2.05, 4.69) is 5.32 Å². The van der Waals surface area contributed by atoms with Crippen LogP contribution in [0.2, 0.25) is 0 Å². The summed E-state index contributed by atoms with van der Waals surface area (Å²) in [5.74, 6) is 0.773. The number of amides is 1. The number of ether oxygens (including phenoxy) is 1. The maximum Gasteiger partial charge on any atom is 0.224 e. The standard InChI is InChI=1S/C16H19Cl2NO2/c1-16(2)11(8-13(17)18)14(16)15(20)19-9-10-6-4-5-7-12(10)21-3/h4-8,11,14H,9H2,1-3H3,(H,19,20)/t11-,14-/m1/s1. The molecular formula is C16H19Cl2NO2. The molecule has 1 aliphatic rings. The molecule has 3 nitrogen and oxygen atoms in total. The van der Waals surface area contributed by atoms with Crippen molar-refractivity contribution in [2.24, 2.45) is 17.3 Å². The van der Waals surface area contributed by atoms with Crippen LogP contribution >= 0.6 is 23.2 Å². The van der Waals surface area contributed by atoms with E-state index in [4.69, 9.17) is 27.9 Å². The number of hydrogen-bond acceptors (Lipinski definition) is 2. The molecule has 0 spiro atoms. The van der Waals surface area contributed by atoms with Gasteiger partial charge in [0.1, 0.15) is 10.2 Å². The fourth-order valence-corrected chi connectivity index (χ4v) is 3.04. The number of carbonyl (C=O) groups excluding carboxylic acids is 1. The minimum Gasteiger partial charge on any atom is -0.496 e. The highest BCUT2D eigenvalue weighted by Gasteiger charge is 2.60. The molecule has 1 N–H and O–H groups in total. The van der Waals surface area contributed by atoms with Gasteiger partial charge in [0.25, 0.3) is 0 Å². The van der Waals surface area contributed by atoms with E-state index in [1.807, 2.05) is 38.1 Å². The van der Waals surface area contributed by atoms with Gasteiger partial charge in [-0.25, -0.2) is 0 Å². The van der Waals surface area contributed by atoms with Crippen LogP contribution in [0.1, 0.15) is 19.4 Å². The molecular weight excluding hydrogens is 309 g/mol. The molecule has 1 aromatic carbocycles. The minimum absolute atomic E-state index is 0.0155. The third-order valence-electron chi connectivity index (χ3n) is 4.14. The highest BCUT2D eigenvalue weighted by Crippen LogP contribution is 2.59. The highest BCUT2D eigenvalue weighted by molar-refractivity contribution is 6.55. The summed E-state index contributed by atoms with van der Waals surface area (Å²) in [5.41, 5.74) is 0.842. The van der Waals surface area contributed by atoms with Crippen LogP contribution in [0.15, 0.2) is 34.8 Å². The molecule has 21 heavy (non-hydrogen) atoms. The third kappa shape index (κ3) is 3.53. The first-order valence-electron chi connectivity index (χ1n) is 6.80. The van der Waals surface area contributed by atoms with E-state index in [1.54, 1.807) is 13.2 Å². The van der Waals surface area contributed by atoms with Crippen LogP contribution in [0.3, 0.4) is 0 Å². The van der Waals surface area contributed by atoms with Gasteiger partial charge in [0.2, 0.25) is 5.91 Å². The second-order valence-electron chi connectivity index (χ2n) is 5.81. The summed E-state index contributed by atoms with van der Waals surface area (Å²) in [6.07, 6.45) is 1.75. The number of methoxy groups -OCH3 is 1. The summed E-state index contributed by atoms with van der Waals surface area (Å²) in [6, 6.07) is 7.63. The lowest BCUT2D eigenvalue weighted by molar-refractivity contribution is -0.123. The molecule has 0 aromatic heterocycles. The number of hydrogen-bond donors (Lipinski definition) is 1. The first kappa shape index (κ1) is 16.2. The zero-order valence-electron chi connectivity index (χ0n) is 12.3. The quantitative estimate of drug-likeness (QED) is 0.890. The Hall–Kier alpha value is -1.19. The van der Waals surface area contributed by atoms with Gasteiger partial charge in [0.15, 0.2) is 0 Å². The summed E-state index contributed by atoms with van der Waals surface area (Å²) in [4.78, 5) is 12.3. The number of allylic oxidation sites excluding steroid dienone is 1. The molecule has 2 atom stereocenters. The molecule has 114 valence electrons. The Balaban J connectivity index is 1.99. The molecule has 1 saturated carbocycles. The lowest BCUT2D eigenvalue weighted by Gasteiger charge is -2.10. The van der Waals surface area contributed by atoms with Gasteiger partial charge in [-0.1, -0.05) is 55.2 Å². The zero-order valence-corrected chi connectivity index (χ0v) is 13.8. The predicted octanol–water partition coefficient (Wildman–Crippen LogP) is 3.90. The molecule has 1 amide bonds. The molecule has 5 heteroatoms. The highest BCUT2D eigenvalue weighted by atomic mass is 35.5. The summed E-state index contributed by atoms with van der Waals surface area (Å²) in [5, 5.41) is 2.96. The van der Waals surface area contributed by atoms with Crippen LogP contribution in [0.5, 0.6) is 5.75 Å². The monoisotopic (exact) mass is 327 g/mol. The van der Waals surface area contributed by atoms with Crippen LogP contribution in [0, 0.1) is 17.3 Å². The number of carbonyl (C=O) groups is 1. The number of rotatable bonds is 5. The SMILES string of the molecule is COc1ccccc1CNC(=O)[C@H]1[C@@H](C=C(Cl)Cl)C1(C)C. The van der Waals surface area contributed by atoms with Crippen molar-refractivity contribution in [3.05, 3.63) is 40.4 Å². The molecule has 0 heterocycles. The van der Waals surface area contributed by atoms with Crippen molar-refractivity contribution in [1.82, 2.24) is 5.32 Å². The van der Waals surface area contributed by atoms with Crippen LogP contribution in [0.4, 0.5) is 0 Å². The van der Waals surface area contributed by atoms with Crippen LogP contribution in [-0.2, 0) is 11.3 Å². The van der Waals surface area contributed by atoms with Gasteiger partial charge in [-0.05, 0) is 23.5 Å². The second-order valence-corrected chi connectivity index (χ2v) is 6.82. The van der Waals surface area contributed by atoms with E-state index in [1.165, 1.54) is 0 Å². The van der Waals surface area contributed by atoms with Gasteiger partial charge < -0.3 is 10.1 Å². The van der Waals surface area contributed by atoms with E-state index < -0.39 is 0 Å². The van der Waals surface area contributed by atoms with Crippen molar-refractivity contribution >= 4 is 29.1 Å². The van der Waals surface area contributed by atoms with E-state index in [-0.39, 0.29) is 27.6 Å². The van der Waals surface area contributed by atoms with Gasteiger partial charge in [0.05, 0.1) is 13.0 Å². The molecule has 0 aliphatic heterocycles. The van der Waals surface area contributed by atoms with E-state index in [9.17, 15) is 4.79 Å². The van der Waals surface area contributed by atoms with Gasteiger partial charge >= 0.3 is 0 Å². The van der Waals surface area contributed by atoms with Gasteiger partial charge in [0, 0.05) is 12.1 Å². The van der Waals surface area contributed by atoms with E-state index in [0.717, 1.165) is 11.3 Å². The molecule has 2 rings (SSSR count). The van der Waals surface area contributed by atoms with E-state index >= 15 is 0 Å². The summed E-state index contributed by atoms with van der Waals surface area (Å²) < 4.78 is 5.49. The van der Waals surface area contributed by atoms with Crippen LogP contribution in [-0.4, -0.2) is 13.0 Å². The fourth-order valence-electron chi connectivity index (χ4n) is 2.77. The Morgan fingerprint density at radius 1 is 1.38 bits per heavy atom. The molecule has 1 aromatic rings. The Morgan fingerprint density at radius 3 is 2.67 bits per heavy atom. The van der Waals surface area contributed by atoms with Gasteiger partial charge in [-0.2, -0.15) is 0 Å². The van der Waals surface area contributed by atoms with Crippen LogP contribution < -0.4 is 10.1 Å². The topological polar surface area (TPSA) is 38.3 Å². The van der Waals surface area contributed by atoms with Crippen molar-refractivity contribution in [3.63, 3.8) is 0 Å². The average Bonchev–Trinajstić information content (AvgIpc) is 2.96. The predicted molar refractivity (Wildman–Crippen MR) is 85.4 cm³/mol. The molecule has 1 aliphatic carbocycles. The largest absolute Gasteiger partial charge is 0.496 e. The van der Waals surface area contributed by atoms with E-state index in [0.29, 0.717) is 6.54 Å². The third-order valence-corrected chi connectivity index (χ3v) is 4.40. The summed E-state index contributed by atoms with van der Waals surface area (Å²) in [6.45, 7) is 4.52. The Bertz CT molecular complexity index is 565. The van der Waals surface area contributed by atoms with Crippen LogP contribution in [0.25, 0.3) is 0 Å². The first-order chi connectivity index (χ1) is 9.87. The smallest absolute Gasteiger partial charge is 0.224 e. The average molecular weight is 328 g/mol. The maximum atomic E-state index is 12.3. The maximum absolute atomic E-state index is 12.3. The van der Waals surface area contributed by atoms with Crippen molar-refractivity contribution in [3.8, 4) is 5.75 Å². The summed E-state index contributed by atoms with van der Waals surface area (Å²) in [7, 11) is 1.62. The van der Waals surface area contributed by atoms with Crippen molar-refractivity contribution < 1.29 is 9.53 Å². The van der Waals surface area contributed by atoms with Gasteiger partial charge in [-0.15, -0.1) is 0 Å². The molecule has 0 unspecified atom stereocenters. The van der Waals surface area contributed by atoms with Gasteiger partial charge in [-0.3, -0.25) is 4.79 Å². The lowest BCUT2D eigenvalue weighted by atomic mass is 10.1. The lowest BCUT2D eigenvalue weighted by Crippen LogP contribution is -2.26. The normalized spacial score (nSPS) is 22.3. The van der Waals surface area contributed by atoms with Crippen molar-refractivity contribution in [2.45, 2.75) is 20.4 Å². The molecule has 1 fully saturated rings. The number of benzene rings is 1. The Kier molecular flexibility index (Phi) is 4.84. The number of halogens is 2. The van der Waals surface area contributed by atoms with Crippen molar-refractivity contribution in [1.29, 1.82) is 0 Å². The first-order valence-corrected chi connectivity index (χ1v) is 7.56. The molecule has 0 saturated heterocycles. The minimum atomic E-state index is -0.111. The zero-order chi connectivity index (χ0) is 15.6. The van der Waals surface area contributed by atoms with Crippen molar-refractivity contribution in [2.75, 3.05) is 7.11 Å². The second kappa shape index (κ2) is 6.29. The Labute approximate surface area is 135 Å². The fraction of sp³-hybridized carbons (Fsp3) is 0.438. The molecule has 0 bridgehead atoms. The Morgan fingerprint density at radius 2 is 2.05 bits per heavy atom.